The highest BCUT2D eigenvalue weighted by molar-refractivity contribution is 7.89. The van der Waals surface area contributed by atoms with Crippen LogP contribution in [-0.2, 0) is 10.0 Å². The van der Waals surface area contributed by atoms with E-state index in [1.165, 1.54) is 0 Å². The molecular formula is C16H25N3O3S. The van der Waals surface area contributed by atoms with E-state index in [9.17, 15) is 13.2 Å². The van der Waals surface area contributed by atoms with Crippen molar-refractivity contribution in [3.63, 3.8) is 0 Å². The highest BCUT2D eigenvalue weighted by atomic mass is 32.2. The van der Waals surface area contributed by atoms with Crippen molar-refractivity contribution in [2.24, 2.45) is 0 Å². The zero-order valence-corrected chi connectivity index (χ0v) is 14.5. The maximum absolute atomic E-state index is 12.2. The number of sulfonamides is 1. The molecule has 1 aromatic rings. The van der Waals surface area contributed by atoms with Crippen LogP contribution in [0.25, 0.3) is 0 Å². The number of aryl methyl sites for hydroxylation is 1. The number of benzene rings is 1. The minimum Gasteiger partial charge on any atom is -0.324 e. The summed E-state index contributed by atoms with van der Waals surface area (Å²) in [5.74, 6) is 0.154. The van der Waals surface area contributed by atoms with E-state index in [0.29, 0.717) is 32.4 Å². The summed E-state index contributed by atoms with van der Waals surface area (Å²) in [6.45, 7) is 4.93. The molecule has 0 radical (unpaired) electrons. The summed E-state index contributed by atoms with van der Waals surface area (Å²) in [6.07, 6.45) is 1.89. The Hall–Kier alpha value is -1.60. The molecule has 1 fully saturated rings. The molecule has 128 valence electrons. The van der Waals surface area contributed by atoms with Crippen molar-refractivity contribution >= 4 is 21.7 Å². The molecular weight excluding hydrogens is 314 g/mol. The summed E-state index contributed by atoms with van der Waals surface area (Å²) in [7, 11) is -3.19. The van der Waals surface area contributed by atoms with E-state index >= 15 is 0 Å². The van der Waals surface area contributed by atoms with Gasteiger partial charge in [0.1, 0.15) is 0 Å². The largest absolute Gasteiger partial charge is 0.324 e. The van der Waals surface area contributed by atoms with Crippen LogP contribution < -0.4 is 10.0 Å². The van der Waals surface area contributed by atoms with E-state index in [1.54, 1.807) is 4.90 Å². The molecule has 0 aliphatic carbocycles. The Kier molecular flexibility index (Phi) is 6.01. The standard InChI is InChI=1S/C16H25N3O3S/c1-3-11-23(21,22)18-14-7-9-19(10-8-14)16(20)17-15-6-4-5-13(2)12-15/h4-6,12,14,18H,3,7-11H2,1-2H3,(H,17,20). The van der Waals surface area contributed by atoms with Gasteiger partial charge in [0.2, 0.25) is 10.0 Å². The lowest BCUT2D eigenvalue weighted by molar-refractivity contribution is 0.193. The summed E-state index contributed by atoms with van der Waals surface area (Å²) in [5.41, 5.74) is 1.87. The zero-order chi connectivity index (χ0) is 16.9. The molecule has 0 saturated carbocycles. The first kappa shape index (κ1) is 17.7. The predicted molar refractivity (Wildman–Crippen MR) is 92.0 cm³/mol. The number of carbonyl (C=O) groups excluding carboxylic acids is 1. The fraction of sp³-hybridized carbons (Fsp3) is 0.562. The SMILES string of the molecule is CCCS(=O)(=O)NC1CCN(C(=O)Nc2cccc(C)c2)CC1. The Morgan fingerprint density at radius 3 is 2.61 bits per heavy atom. The first-order chi connectivity index (χ1) is 10.9. The third kappa shape index (κ3) is 5.51. The average molecular weight is 339 g/mol. The topological polar surface area (TPSA) is 78.5 Å². The molecule has 2 amide bonds. The van der Waals surface area contributed by atoms with Crippen LogP contribution in [0.15, 0.2) is 24.3 Å². The maximum atomic E-state index is 12.2. The fourth-order valence-corrected chi connectivity index (χ4v) is 4.11. The number of nitrogens with one attached hydrogen (secondary N) is 2. The lowest BCUT2D eigenvalue weighted by Crippen LogP contribution is -2.48. The first-order valence-electron chi connectivity index (χ1n) is 8.02. The Morgan fingerprint density at radius 1 is 1.30 bits per heavy atom. The van der Waals surface area contributed by atoms with E-state index in [0.717, 1.165) is 11.3 Å². The Morgan fingerprint density at radius 2 is 2.00 bits per heavy atom. The molecule has 7 heteroatoms. The number of piperidine rings is 1. The second-order valence-electron chi connectivity index (χ2n) is 6.00. The van der Waals surface area contributed by atoms with Gasteiger partial charge in [-0.2, -0.15) is 0 Å². The van der Waals surface area contributed by atoms with Gasteiger partial charge in [0.05, 0.1) is 5.75 Å². The van der Waals surface area contributed by atoms with Gasteiger partial charge in [-0.25, -0.2) is 17.9 Å². The predicted octanol–water partition coefficient (Wildman–Crippen LogP) is 2.32. The van der Waals surface area contributed by atoms with Gasteiger partial charge in [-0.1, -0.05) is 19.1 Å². The quantitative estimate of drug-likeness (QED) is 0.864. The number of likely N-dealkylation sites (tertiary alicyclic amines) is 1. The highest BCUT2D eigenvalue weighted by Gasteiger charge is 2.25. The molecule has 1 aliphatic rings. The van der Waals surface area contributed by atoms with Gasteiger partial charge >= 0.3 is 6.03 Å². The molecule has 2 N–H and O–H groups in total. The molecule has 0 aromatic heterocycles. The summed E-state index contributed by atoms with van der Waals surface area (Å²) in [6, 6.07) is 7.45. The van der Waals surface area contributed by atoms with Gasteiger partial charge in [-0.3, -0.25) is 0 Å². The second-order valence-corrected chi connectivity index (χ2v) is 7.87. The molecule has 1 aromatic carbocycles. The van der Waals surface area contributed by atoms with E-state index in [1.807, 2.05) is 38.1 Å². The number of anilines is 1. The van der Waals surface area contributed by atoms with Crippen molar-refractivity contribution < 1.29 is 13.2 Å². The van der Waals surface area contributed by atoms with Gasteiger partial charge in [-0.05, 0) is 43.9 Å². The number of rotatable bonds is 5. The Bertz CT molecular complexity index is 638. The molecule has 1 aliphatic heterocycles. The number of urea groups is 1. The minimum absolute atomic E-state index is 0.0745. The van der Waals surface area contributed by atoms with Crippen LogP contribution in [0.5, 0.6) is 0 Å². The molecule has 0 atom stereocenters. The van der Waals surface area contributed by atoms with E-state index in [2.05, 4.69) is 10.0 Å². The molecule has 6 nitrogen and oxygen atoms in total. The molecule has 0 bridgehead atoms. The number of carbonyl (C=O) groups is 1. The Labute approximate surface area is 138 Å². The van der Waals surface area contributed by atoms with Crippen LogP contribution in [0, 0.1) is 6.92 Å². The Balaban J connectivity index is 1.83. The number of hydrogen-bond donors (Lipinski definition) is 2. The summed E-state index contributed by atoms with van der Waals surface area (Å²) >= 11 is 0. The van der Waals surface area contributed by atoms with Gasteiger partial charge < -0.3 is 10.2 Å². The number of amides is 2. The fourth-order valence-electron chi connectivity index (χ4n) is 2.71. The summed E-state index contributed by atoms with van der Waals surface area (Å²) in [4.78, 5) is 14.0. The number of hydrogen-bond acceptors (Lipinski definition) is 3. The summed E-state index contributed by atoms with van der Waals surface area (Å²) < 4.78 is 26.3. The molecule has 1 saturated heterocycles. The van der Waals surface area contributed by atoms with Gasteiger partial charge in [0.15, 0.2) is 0 Å². The van der Waals surface area contributed by atoms with Crippen molar-refractivity contribution in [3.05, 3.63) is 29.8 Å². The van der Waals surface area contributed by atoms with Crippen molar-refractivity contribution in [3.8, 4) is 0 Å². The first-order valence-corrected chi connectivity index (χ1v) is 9.67. The van der Waals surface area contributed by atoms with Crippen LogP contribution in [0.3, 0.4) is 0 Å². The lowest BCUT2D eigenvalue weighted by Gasteiger charge is -2.32. The smallest absolute Gasteiger partial charge is 0.321 e. The average Bonchev–Trinajstić information content (AvgIpc) is 2.47. The third-order valence-electron chi connectivity index (χ3n) is 3.87. The summed E-state index contributed by atoms with van der Waals surface area (Å²) in [5, 5.41) is 2.88. The van der Waals surface area contributed by atoms with Gasteiger partial charge in [-0.15, -0.1) is 0 Å². The van der Waals surface area contributed by atoms with E-state index in [4.69, 9.17) is 0 Å². The lowest BCUT2D eigenvalue weighted by atomic mass is 10.1. The molecule has 0 unspecified atom stereocenters. The molecule has 2 rings (SSSR count). The van der Waals surface area contributed by atoms with Crippen LogP contribution >= 0.6 is 0 Å². The third-order valence-corrected chi connectivity index (χ3v) is 5.51. The monoisotopic (exact) mass is 339 g/mol. The van der Waals surface area contributed by atoms with Gasteiger partial charge in [0, 0.05) is 24.8 Å². The van der Waals surface area contributed by atoms with Crippen LogP contribution in [0.4, 0.5) is 10.5 Å². The van der Waals surface area contributed by atoms with Crippen molar-refractivity contribution in [1.29, 1.82) is 0 Å². The van der Waals surface area contributed by atoms with E-state index in [-0.39, 0.29) is 17.8 Å². The van der Waals surface area contributed by atoms with Crippen molar-refractivity contribution in [2.75, 3.05) is 24.2 Å². The van der Waals surface area contributed by atoms with Gasteiger partial charge in [0.25, 0.3) is 0 Å². The normalized spacial score (nSPS) is 16.3. The minimum atomic E-state index is -3.19. The van der Waals surface area contributed by atoms with Crippen LogP contribution in [0.2, 0.25) is 0 Å². The second kappa shape index (κ2) is 7.79. The zero-order valence-electron chi connectivity index (χ0n) is 13.7. The van der Waals surface area contributed by atoms with E-state index < -0.39 is 10.0 Å². The maximum Gasteiger partial charge on any atom is 0.321 e. The molecule has 23 heavy (non-hydrogen) atoms. The molecule has 0 spiro atoms. The van der Waals surface area contributed by atoms with Crippen LogP contribution in [0.1, 0.15) is 31.7 Å². The van der Waals surface area contributed by atoms with Crippen LogP contribution in [-0.4, -0.2) is 44.2 Å². The molecule has 1 heterocycles. The van der Waals surface area contributed by atoms with Crippen molar-refractivity contribution in [2.45, 2.75) is 39.2 Å². The van der Waals surface area contributed by atoms with Crippen molar-refractivity contribution in [1.82, 2.24) is 9.62 Å². The number of nitrogens with zero attached hydrogens (tertiary/aromatic N) is 1. The highest BCUT2D eigenvalue weighted by Crippen LogP contribution is 2.15.